The van der Waals surface area contributed by atoms with Crippen molar-refractivity contribution < 1.29 is 22.7 Å². The highest BCUT2D eigenvalue weighted by Crippen LogP contribution is 2.27. The Morgan fingerprint density at radius 2 is 2.26 bits per heavy atom. The molecule has 3 N–H and O–H groups in total. The number of nitrogens with two attached hydrogens (primary N) is 1. The second-order valence-electron chi connectivity index (χ2n) is 4.19. The van der Waals surface area contributed by atoms with Gasteiger partial charge in [-0.1, -0.05) is 6.07 Å². The molecule has 1 atom stereocenters. The topological polar surface area (TPSA) is 92.9 Å². The van der Waals surface area contributed by atoms with Gasteiger partial charge in [-0.3, -0.25) is 0 Å². The summed E-state index contributed by atoms with van der Waals surface area (Å²) in [5, 5.41) is 9.20. The Labute approximate surface area is 110 Å². The van der Waals surface area contributed by atoms with E-state index in [-0.39, 0.29) is 25.4 Å². The molecular formula is C11H15FN2O4S. The number of benzene rings is 1. The minimum Gasteiger partial charge on any atom is -0.398 e. The Balaban J connectivity index is 2.47. The van der Waals surface area contributed by atoms with E-state index in [9.17, 15) is 17.9 Å². The van der Waals surface area contributed by atoms with Crippen LogP contribution < -0.4 is 5.73 Å². The monoisotopic (exact) mass is 290 g/mol. The number of hydrogen-bond acceptors (Lipinski definition) is 5. The lowest BCUT2D eigenvalue weighted by molar-refractivity contribution is 0.0108. The van der Waals surface area contributed by atoms with E-state index in [1.165, 1.54) is 12.1 Å². The second kappa shape index (κ2) is 5.41. The average molecular weight is 290 g/mol. The van der Waals surface area contributed by atoms with E-state index < -0.39 is 33.4 Å². The second-order valence-corrected chi connectivity index (χ2v) is 6.01. The highest BCUT2D eigenvalue weighted by Gasteiger charge is 2.36. The third kappa shape index (κ3) is 2.57. The van der Waals surface area contributed by atoms with Crippen LogP contribution in [0.5, 0.6) is 0 Å². The molecule has 1 saturated heterocycles. The maximum absolute atomic E-state index is 13.8. The molecule has 8 heteroatoms. The van der Waals surface area contributed by atoms with Gasteiger partial charge in [-0.05, 0) is 12.1 Å². The number of nitrogens with zero attached hydrogens (tertiary/aromatic N) is 1. The molecule has 1 aliphatic rings. The lowest BCUT2D eigenvalue weighted by atomic mass is 10.3. The SMILES string of the molecule is Nc1cccc(F)c1S(=O)(=O)N1CCOCC1CO. The van der Waals surface area contributed by atoms with Gasteiger partial charge in [0, 0.05) is 6.54 Å². The van der Waals surface area contributed by atoms with Crippen LogP contribution in [0.15, 0.2) is 23.1 Å². The summed E-state index contributed by atoms with van der Waals surface area (Å²) in [5.74, 6) is -0.900. The van der Waals surface area contributed by atoms with Gasteiger partial charge >= 0.3 is 0 Å². The summed E-state index contributed by atoms with van der Waals surface area (Å²) in [7, 11) is -4.09. The molecule has 0 radical (unpaired) electrons. The van der Waals surface area contributed by atoms with Crippen LogP contribution >= 0.6 is 0 Å². The Morgan fingerprint density at radius 3 is 2.89 bits per heavy atom. The Kier molecular flexibility index (Phi) is 4.04. The van der Waals surface area contributed by atoms with Crippen LogP contribution in [0.3, 0.4) is 0 Å². The van der Waals surface area contributed by atoms with E-state index in [2.05, 4.69) is 0 Å². The molecular weight excluding hydrogens is 275 g/mol. The van der Waals surface area contributed by atoms with Crippen LogP contribution in [0.4, 0.5) is 10.1 Å². The summed E-state index contributed by atoms with van der Waals surface area (Å²) in [6, 6.07) is 2.98. The Bertz CT molecular complexity index is 544. The summed E-state index contributed by atoms with van der Waals surface area (Å²) in [6.45, 7) is -0.0664. The first kappa shape index (κ1) is 14.2. The van der Waals surface area contributed by atoms with Crippen LogP contribution in [-0.4, -0.2) is 50.2 Å². The van der Waals surface area contributed by atoms with E-state index in [1.54, 1.807) is 0 Å². The van der Waals surface area contributed by atoms with Gasteiger partial charge < -0.3 is 15.6 Å². The van der Waals surface area contributed by atoms with Gasteiger partial charge in [0.15, 0.2) is 0 Å². The van der Waals surface area contributed by atoms with E-state index in [0.29, 0.717) is 0 Å². The van der Waals surface area contributed by atoms with Crippen molar-refractivity contribution in [1.82, 2.24) is 4.31 Å². The van der Waals surface area contributed by atoms with Crippen molar-refractivity contribution in [2.75, 3.05) is 32.1 Å². The maximum Gasteiger partial charge on any atom is 0.248 e. The molecule has 1 aliphatic heterocycles. The molecule has 0 bridgehead atoms. The molecule has 0 saturated carbocycles. The molecule has 1 fully saturated rings. The molecule has 1 unspecified atom stereocenters. The zero-order valence-corrected chi connectivity index (χ0v) is 10.9. The smallest absolute Gasteiger partial charge is 0.248 e. The summed E-state index contributed by atoms with van der Waals surface area (Å²) in [6.07, 6.45) is 0. The quantitative estimate of drug-likeness (QED) is 0.751. The first-order valence-corrected chi connectivity index (χ1v) is 7.17. The third-order valence-corrected chi connectivity index (χ3v) is 4.99. The van der Waals surface area contributed by atoms with E-state index in [1.807, 2.05) is 0 Å². The minimum atomic E-state index is -4.09. The zero-order chi connectivity index (χ0) is 14.0. The number of aliphatic hydroxyl groups excluding tert-OH is 1. The van der Waals surface area contributed by atoms with Crippen molar-refractivity contribution in [1.29, 1.82) is 0 Å². The lowest BCUT2D eigenvalue weighted by Crippen LogP contribution is -2.50. The number of ether oxygens (including phenoxy) is 1. The van der Waals surface area contributed by atoms with Crippen LogP contribution in [-0.2, 0) is 14.8 Å². The maximum atomic E-state index is 13.8. The van der Waals surface area contributed by atoms with Gasteiger partial charge in [0.2, 0.25) is 10.0 Å². The van der Waals surface area contributed by atoms with Gasteiger partial charge in [0.1, 0.15) is 10.7 Å². The third-order valence-electron chi connectivity index (χ3n) is 2.95. The number of nitrogen functional groups attached to an aromatic ring is 1. The van der Waals surface area contributed by atoms with Crippen LogP contribution in [0.1, 0.15) is 0 Å². The van der Waals surface area contributed by atoms with Crippen molar-refractivity contribution in [3.8, 4) is 0 Å². The molecule has 0 aliphatic carbocycles. The van der Waals surface area contributed by atoms with E-state index in [0.717, 1.165) is 10.4 Å². The first-order valence-electron chi connectivity index (χ1n) is 5.73. The average Bonchev–Trinajstić information content (AvgIpc) is 2.38. The van der Waals surface area contributed by atoms with Gasteiger partial charge in [0.25, 0.3) is 0 Å². The summed E-state index contributed by atoms with van der Waals surface area (Å²) >= 11 is 0. The minimum absolute atomic E-state index is 0.0569. The number of sulfonamides is 1. The van der Waals surface area contributed by atoms with E-state index in [4.69, 9.17) is 10.5 Å². The molecule has 1 heterocycles. The van der Waals surface area contributed by atoms with Crippen LogP contribution in [0, 0.1) is 5.82 Å². The number of rotatable bonds is 3. The number of morpholine rings is 1. The molecule has 0 amide bonds. The molecule has 19 heavy (non-hydrogen) atoms. The number of halogens is 1. The predicted octanol–water partition coefficient (Wildman–Crippen LogP) is -0.210. The van der Waals surface area contributed by atoms with Gasteiger partial charge in [-0.15, -0.1) is 0 Å². The van der Waals surface area contributed by atoms with Gasteiger partial charge in [0.05, 0.1) is 31.5 Å². The van der Waals surface area contributed by atoms with Gasteiger partial charge in [-0.2, -0.15) is 4.31 Å². The lowest BCUT2D eigenvalue weighted by Gasteiger charge is -2.33. The molecule has 1 aromatic carbocycles. The van der Waals surface area contributed by atoms with Crippen molar-refractivity contribution in [2.45, 2.75) is 10.9 Å². The molecule has 0 spiro atoms. The summed E-state index contributed by atoms with van der Waals surface area (Å²) < 4.78 is 44.8. The Hall–Kier alpha value is -1.22. The number of aliphatic hydroxyl groups is 1. The molecule has 6 nitrogen and oxygen atoms in total. The summed E-state index contributed by atoms with van der Waals surface area (Å²) in [4.78, 5) is -0.546. The first-order chi connectivity index (χ1) is 8.98. The largest absolute Gasteiger partial charge is 0.398 e. The van der Waals surface area contributed by atoms with Crippen molar-refractivity contribution in [3.05, 3.63) is 24.0 Å². The van der Waals surface area contributed by atoms with Crippen LogP contribution in [0.25, 0.3) is 0 Å². The highest BCUT2D eigenvalue weighted by atomic mass is 32.2. The fourth-order valence-corrected chi connectivity index (χ4v) is 3.76. The fourth-order valence-electron chi connectivity index (χ4n) is 2.01. The molecule has 0 aromatic heterocycles. The van der Waals surface area contributed by atoms with Crippen molar-refractivity contribution >= 4 is 15.7 Å². The molecule has 2 rings (SSSR count). The standard InChI is InChI=1S/C11H15FN2O4S/c12-9-2-1-3-10(13)11(9)19(16,17)14-4-5-18-7-8(14)6-15/h1-3,8,15H,4-7,13H2. The Morgan fingerprint density at radius 1 is 1.53 bits per heavy atom. The predicted molar refractivity (Wildman–Crippen MR) is 66.4 cm³/mol. The van der Waals surface area contributed by atoms with E-state index >= 15 is 0 Å². The number of hydrogen-bond donors (Lipinski definition) is 2. The number of anilines is 1. The van der Waals surface area contributed by atoms with Crippen LogP contribution in [0.2, 0.25) is 0 Å². The zero-order valence-electron chi connectivity index (χ0n) is 10.1. The van der Waals surface area contributed by atoms with Crippen molar-refractivity contribution in [3.63, 3.8) is 0 Å². The molecule has 106 valence electrons. The normalized spacial score (nSPS) is 21.5. The molecule has 1 aromatic rings. The summed E-state index contributed by atoms with van der Waals surface area (Å²) in [5.41, 5.74) is 5.41. The fraction of sp³-hybridized carbons (Fsp3) is 0.455. The highest BCUT2D eigenvalue weighted by molar-refractivity contribution is 7.89. The van der Waals surface area contributed by atoms with Gasteiger partial charge in [-0.25, -0.2) is 12.8 Å². The van der Waals surface area contributed by atoms with Crippen molar-refractivity contribution in [2.24, 2.45) is 0 Å².